The molecule has 6 nitrogen and oxygen atoms in total. The number of rotatable bonds is 6. The average molecular weight is 647 g/mol. The van der Waals surface area contributed by atoms with Crippen LogP contribution in [0.4, 0.5) is 5.69 Å². The van der Waals surface area contributed by atoms with Gasteiger partial charge in [-0.3, -0.25) is 4.90 Å². The number of pyridine rings is 2. The van der Waals surface area contributed by atoms with Gasteiger partial charge in [0.05, 0.1) is 31.5 Å². The van der Waals surface area contributed by atoms with E-state index in [1.807, 2.05) is 60.7 Å². The number of fused-ring (bicyclic) bond motifs is 3. The molecule has 0 radical (unpaired) electrons. The number of para-hydroxylation sites is 1. The molecule has 0 bridgehead atoms. The maximum Gasteiger partial charge on any atom is 0.165 e. The summed E-state index contributed by atoms with van der Waals surface area (Å²) < 4.78 is 7.23. The minimum Gasteiger partial charge on any atom is -0.489 e. The van der Waals surface area contributed by atoms with Crippen LogP contribution in [0.1, 0.15) is 0 Å². The molecule has 39 heavy (non-hydrogen) atoms. The molecule has 3 heterocycles. The lowest BCUT2D eigenvalue weighted by molar-refractivity contribution is 0.0673. The average Bonchev–Trinajstić information content (AvgIpc) is 2.93. The molecule has 200 valence electrons. The zero-order chi connectivity index (χ0) is 27.1. The van der Waals surface area contributed by atoms with Gasteiger partial charge in [0.25, 0.3) is 0 Å². The van der Waals surface area contributed by atoms with Gasteiger partial charge in [-0.25, -0.2) is 9.97 Å². The van der Waals surface area contributed by atoms with Crippen molar-refractivity contribution < 1.29 is 9.84 Å². The molecule has 0 aliphatic carbocycles. The molecule has 1 unspecified atom stereocenters. The van der Waals surface area contributed by atoms with Crippen LogP contribution in [0.25, 0.3) is 32.8 Å². The fraction of sp³-hybridized carbons (Fsp3) is 0.241. The van der Waals surface area contributed by atoms with E-state index in [-0.39, 0.29) is 6.61 Å². The van der Waals surface area contributed by atoms with Crippen molar-refractivity contribution in [2.24, 2.45) is 0 Å². The van der Waals surface area contributed by atoms with E-state index in [4.69, 9.17) is 49.5 Å². The summed E-state index contributed by atoms with van der Waals surface area (Å²) in [6.07, 6.45) is -0.688. The number of anilines is 1. The van der Waals surface area contributed by atoms with E-state index in [2.05, 4.69) is 25.7 Å². The van der Waals surface area contributed by atoms with Crippen LogP contribution in [-0.2, 0) is 0 Å². The maximum atomic E-state index is 10.9. The Morgan fingerprint density at radius 1 is 0.872 bits per heavy atom. The molecule has 1 aliphatic rings. The van der Waals surface area contributed by atoms with Crippen molar-refractivity contribution in [2.45, 2.75) is 6.10 Å². The molecule has 0 saturated carbocycles. The molecule has 6 rings (SSSR count). The Hall–Kier alpha value is -2.39. The van der Waals surface area contributed by atoms with Crippen molar-refractivity contribution in [3.63, 3.8) is 0 Å². The number of hydrogen-bond acceptors (Lipinski definition) is 6. The van der Waals surface area contributed by atoms with E-state index < -0.39 is 6.10 Å². The van der Waals surface area contributed by atoms with Gasteiger partial charge in [0.1, 0.15) is 18.5 Å². The van der Waals surface area contributed by atoms with Crippen LogP contribution in [0, 0.1) is 0 Å². The summed E-state index contributed by atoms with van der Waals surface area (Å²) in [6.45, 7) is 3.90. The molecule has 1 fully saturated rings. The Bertz CT molecular complexity index is 1700. The molecule has 1 N–H and O–H groups in total. The van der Waals surface area contributed by atoms with Crippen LogP contribution in [0.3, 0.4) is 0 Å². The quantitative estimate of drug-likeness (QED) is 0.197. The van der Waals surface area contributed by atoms with E-state index in [1.165, 1.54) is 0 Å². The van der Waals surface area contributed by atoms with E-state index in [0.717, 1.165) is 58.1 Å². The van der Waals surface area contributed by atoms with Gasteiger partial charge < -0.3 is 14.7 Å². The van der Waals surface area contributed by atoms with Gasteiger partial charge in [-0.1, -0.05) is 68.9 Å². The highest BCUT2D eigenvalue weighted by Crippen LogP contribution is 2.40. The van der Waals surface area contributed by atoms with Crippen molar-refractivity contribution in [2.75, 3.05) is 44.2 Å². The van der Waals surface area contributed by atoms with Crippen molar-refractivity contribution >= 4 is 89.3 Å². The smallest absolute Gasteiger partial charge is 0.165 e. The Kier molecular flexibility index (Phi) is 7.73. The second kappa shape index (κ2) is 11.2. The molecule has 1 atom stereocenters. The number of benzene rings is 3. The zero-order valence-corrected chi connectivity index (χ0v) is 24.6. The van der Waals surface area contributed by atoms with Gasteiger partial charge in [-0.05, 0) is 42.5 Å². The SMILES string of the molecule is OC(COc1c2ccccc2nc2nc3cc(Br)ccc3c(Cl)c12)CN1CCN(c2ccc(Cl)c(Cl)c2)CC1. The first-order valence-corrected chi connectivity index (χ1v) is 14.5. The largest absolute Gasteiger partial charge is 0.489 e. The first-order chi connectivity index (χ1) is 18.9. The minimum absolute atomic E-state index is 0.116. The van der Waals surface area contributed by atoms with Gasteiger partial charge in [0, 0.05) is 53.7 Å². The van der Waals surface area contributed by atoms with Crippen molar-refractivity contribution in [3.8, 4) is 5.75 Å². The summed E-state index contributed by atoms with van der Waals surface area (Å²) in [7, 11) is 0. The van der Waals surface area contributed by atoms with E-state index >= 15 is 0 Å². The van der Waals surface area contributed by atoms with Crippen LogP contribution in [0.15, 0.2) is 65.1 Å². The molecule has 1 aliphatic heterocycles. The van der Waals surface area contributed by atoms with E-state index in [1.54, 1.807) is 0 Å². The molecule has 5 aromatic rings. The third-order valence-electron chi connectivity index (χ3n) is 7.00. The Balaban J connectivity index is 1.20. The summed E-state index contributed by atoms with van der Waals surface area (Å²) in [4.78, 5) is 14.0. The number of β-amino-alcohol motifs (C(OH)–C–C–N with tert-alkyl or cyclic N) is 1. The maximum absolute atomic E-state index is 10.9. The topological polar surface area (TPSA) is 61.7 Å². The number of nitrogens with zero attached hydrogens (tertiary/aromatic N) is 4. The van der Waals surface area contributed by atoms with Crippen LogP contribution in [-0.4, -0.2) is 65.4 Å². The minimum atomic E-state index is -0.688. The van der Waals surface area contributed by atoms with Crippen LogP contribution >= 0.6 is 50.7 Å². The van der Waals surface area contributed by atoms with Crippen molar-refractivity contribution in [1.29, 1.82) is 0 Å². The number of aliphatic hydroxyl groups is 1. The predicted octanol–water partition coefficient (Wildman–Crippen LogP) is 7.22. The van der Waals surface area contributed by atoms with Crippen LogP contribution in [0.2, 0.25) is 15.1 Å². The first kappa shape index (κ1) is 26.8. The Morgan fingerprint density at radius 3 is 2.44 bits per heavy atom. The second-order valence-electron chi connectivity index (χ2n) is 9.59. The number of halogens is 4. The summed E-state index contributed by atoms with van der Waals surface area (Å²) in [5, 5.41) is 14.9. The van der Waals surface area contributed by atoms with Crippen molar-refractivity contribution in [3.05, 3.63) is 80.2 Å². The normalized spacial score (nSPS) is 15.4. The molecular formula is C29H24BrCl3N4O2. The molecule has 3 aromatic carbocycles. The first-order valence-electron chi connectivity index (χ1n) is 12.6. The number of hydrogen-bond donors (Lipinski definition) is 1. The molecular weight excluding hydrogens is 623 g/mol. The summed E-state index contributed by atoms with van der Waals surface area (Å²) in [6, 6.07) is 19.2. The summed E-state index contributed by atoms with van der Waals surface area (Å²) in [5.74, 6) is 0.585. The van der Waals surface area contributed by atoms with E-state index in [9.17, 15) is 5.11 Å². The van der Waals surface area contributed by atoms with Crippen molar-refractivity contribution in [1.82, 2.24) is 14.9 Å². The molecule has 0 spiro atoms. The molecule has 0 amide bonds. The van der Waals surface area contributed by atoms with Crippen LogP contribution < -0.4 is 9.64 Å². The van der Waals surface area contributed by atoms with Gasteiger partial charge in [0.15, 0.2) is 5.65 Å². The number of aliphatic hydroxyl groups excluding tert-OH is 1. The van der Waals surface area contributed by atoms with Gasteiger partial charge in [0.2, 0.25) is 0 Å². The molecule has 2 aromatic heterocycles. The lowest BCUT2D eigenvalue weighted by Gasteiger charge is -2.37. The monoisotopic (exact) mass is 644 g/mol. The lowest BCUT2D eigenvalue weighted by atomic mass is 10.1. The second-order valence-corrected chi connectivity index (χ2v) is 11.7. The van der Waals surface area contributed by atoms with Crippen LogP contribution in [0.5, 0.6) is 5.75 Å². The fourth-order valence-corrected chi connectivity index (χ4v) is 6.00. The highest BCUT2D eigenvalue weighted by molar-refractivity contribution is 9.10. The predicted molar refractivity (Wildman–Crippen MR) is 164 cm³/mol. The Morgan fingerprint density at radius 2 is 1.64 bits per heavy atom. The highest BCUT2D eigenvalue weighted by Gasteiger charge is 2.22. The lowest BCUT2D eigenvalue weighted by Crippen LogP contribution is -2.49. The highest BCUT2D eigenvalue weighted by atomic mass is 79.9. The van der Waals surface area contributed by atoms with Gasteiger partial charge in [-0.15, -0.1) is 0 Å². The third kappa shape index (κ3) is 5.49. The standard InChI is InChI=1S/C29H24BrCl3N4O2/c30-17-5-7-20-25(13-17)35-29-26(27(20)33)28(21-3-1-2-4-24(21)34-29)39-16-19(38)15-36-9-11-37(12-10-36)18-6-8-22(31)23(32)14-18/h1-8,13-14,19,38H,9-12,15-16H2. The number of piperazine rings is 1. The Labute approximate surface area is 249 Å². The fourth-order valence-electron chi connectivity index (χ4n) is 5.03. The zero-order valence-electron chi connectivity index (χ0n) is 20.7. The molecule has 10 heteroatoms. The number of aromatic nitrogens is 2. The van der Waals surface area contributed by atoms with Gasteiger partial charge >= 0.3 is 0 Å². The number of ether oxygens (including phenoxy) is 1. The van der Waals surface area contributed by atoms with Gasteiger partial charge in [-0.2, -0.15) is 0 Å². The van der Waals surface area contributed by atoms with E-state index in [0.29, 0.717) is 38.4 Å². The molecule has 1 saturated heterocycles. The third-order valence-corrected chi connectivity index (χ3v) is 8.62. The summed E-state index contributed by atoms with van der Waals surface area (Å²) in [5.41, 5.74) is 3.06. The summed E-state index contributed by atoms with van der Waals surface area (Å²) >= 11 is 22.7.